The van der Waals surface area contributed by atoms with Crippen LogP contribution in [-0.2, 0) is 4.74 Å². The molecule has 0 aromatic heterocycles. The number of ether oxygens (including phenoxy) is 1. The molecule has 0 aromatic rings. The summed E-state index contributed by atoms with van der Waals surface area (Å²) in [4.78, 5) is -0.0178. The first-order valence-corrected chi connectivity index (χ1v) is 4.37. The molecule has 60 valence electrons. The van der Waals surface area contributed by atoms with Crippen LogP contribution in [0.3, 0.4) is 0 Å². The van der Waals surface area contributed by atoms with Crippen molar-refractivity contribution >= 4 is 11.6 Å². The molecule has 1 nitrogen and oxygen atoms in total. The van der Waals surface area contributed by atoms with Crippen molar-refractivity contribution in [3.05, 3.63) is 0 Å². The minimum Gasteiger partial charge on any atom is -0.375 e. The molecular formula is C8H15ClO. The third-order valence-corrected chi connectivity index (χ3v) is 2.85. The van der Waals surface area contributed by atoms with Gasteiger partial charge in [0.15, 0.2) is 0 Å². The Labute approximate surface area is 67.7 Å². The van der Waals surface area contributed by atoms with Gasteiger partial charge in [0.25, 0.3) is 0 Å². The lowest BCUT2D eigenvalue weighted by molar-refractivity contribution is -0.0873. The molecule has 1 aliphatic heterocycles. The van der Waals surface area contributed by atoms with E-state index in [1.165, 1.54) is 12.8 Å². The first-order chi connectivity index (χ1) is 4.69. The van der Waals surface area contributed by atoms with Crippen LogP contribution >= 0.6 is 11.6 Å². The molecule has 1 heterocycles. The second-order valence-electron chi connectivity index (χ2n) is 3.09. The van der Waals surface area contributed by atoms with Crippen molar-refractivity contribution in [1.29, 1.82) is 0 Å². The number of hydrogen-bond donors (Lipinski definition) is 0. The molecule has 2 unspecified atom stereocenters. The predicted octanol–water partition coefficient (Wildman–Crippen LogP) is 2.57. The van der Waals surface area contributed by atoms with Crippen molar-refractivity contribution in [2.75, 3.05) is 6.61 Å². The van der Waals surface area contributed by atoms with Crippen LogP contribution in [0.15, 0.2) is 0 Å². The molecule has 0 N–H and O–H groups in total. The molecule has 10 heavy (non-hydrogen) atoms. The average Bonchev–Trinajstić information content (AvgIpc) is 1.97. The van der Waals surface area contributed by atoms with Crippen molar-refractivity contribution < 1.29 is 4.74 Å². The minimum absolute atomic E-state index is 0.0178. The molecule has 0 amide bonds. The number of unbranched alkanes of at least 4 members (excludes halogenated alkanes) is 1. The van der Waals surface area contributed by atoms with Gasteiger partial charge in [-0.2, -0.15) is 0 Å². The van der Waals surface area contributed by atoms with E-state index in [1.807, 2.05) is 6.92 Å². The van der Waals surface area contributed by atoms with E-state index in [0.717, 1.165) is 13.0 Å². The lowest BCUT2D eigenvalue weighted by Gasteiger charge is -2.42. The summed E-state index contributed by atoms with van der Waals surface area (Å²) in [6, 6.07) is 0. The SMILES string of the molecule is CCCCC1(Cl)COC1C. The standard InChI is InChI=1S/C8H15ClO/c1-3-4-5-8(9)6-10-7(8)2/h7H,3-6H2,1-2H3. The smallest absolute Gasteiger partial charge is 0.0937 e. The van der Waals surface area contributed by atoms with E-state index in [4.69, 9.17) is 16.3 Å². The first-order valence-electron chi connectivity index (χ1n) is 3.99. The lowest BCUT2D eigenvalue weighted by Crippen LogP contribution is -2.52. The normalized spacial score (nSPS) is 39.3. The van der Waals surface area contributed by atoms with Gasteiger partial charge < -0.3 is 4.74 Å². The molecule has 0 saturated carbocycles. The number of alkyl halides is 1. The fourth-order valence-electron chi connectivity index (χ4n) is 1.18. The fraction of sp³-hybridized carbons (Fsp3) is 1.00. The molecule has 1 fully saturated rings. The first kappa shape index (κ1) is 8.35. The van der Waals surface area contributed by atoms with Crippen molar-refractivity contribution in [3.63, 3.8) is 0 Å². The van der Waals surface area contributed by atoms with Gasteiger partial charge >= 0.3 is 0 Å². The van der Waals surface area contributed by atoms with Crippen molar-refractivity contribution in [2.45, 2.75) is 44.1 Å². The molecule has 1 rings (SSSR count). The molecule has 0 aromatic carbocycles. The molecule has 0 aliphatic carbocycles. The van der Waals surface area contributed by atoms with Gasteiger partial charge in [0.05, 0.1) is 17.6 Å². The zero-order valence-electron chi connectivity index (χ0n) is 6.69. The second-order valence-corrected chi connectivity index (χ2v) is 3.84. The largest absolute Gasteiger partial charge is 0.375 e. The van der Waals surface area contributed by atoms with E-state index < -0.39 is 0 Å². The van der Waals surface area contributed by atoms with Crippen LogP contribution in [0.1, 0.15) is 33.1 Å². The van der Waals surface area contributed by atoms with E-state index in [0.29, 0.717) is 0 Å². The maximum Gasteiger partial charge on any atom is 0.0937 e. The molecule has 2 heteroatoms. The zero-order chi connectivity index (χ0) is 7.61. The van der Waals surface area contributed by atoms with Crippen LogP contribution in [0, 0.1) is 0 Å². The zero-order valence-corrected chi connectivity index (χ0v) is 7.45. The van der Waals surface area contributed by atoms with Crippen LogP contribution in [0.5, 0.6) is 0 Å². The molecule has 1 aliphatic rings. The highest BCUT2D eigenvalue weighted by atomic mass is 35.5. The monoisotopic (exact) mass is 162 g/mol. The van der Waals surface area contributed by atoms with Gasteiger partial charge in [-0.25, -0.2) is 0 Å². The van der Waals surface area contributed by atoms with Gasteiger partial charge in [-0.1, -0.05) is 19.8 Å². The summed E-state index contributed by atoms with van der Waals surface area (Å²) in [5.41, 5.74) is 0. The van der Waals surface area contributed by atoms with Gasteiger partial charge in [-0.3, -0.25) is 0 Å². The van der Waals surface area contributed by atoms with Crippen LogP contribution in [0.2, 0.25) is 0 Å². The Morgan fingerprint density at radius 2 is 2.40 bits per heavy atom. The van der Waals surface area contributed by atoms with E-state index in [2.05, 4.69) is 6.92 Å². The summed E-state index contributed by atoms with van der Waals surface area (Å²) in [6.45, 7) is 4.98. The Balaban J connectivity index is 2.24. The highest BCUT2D eigenvalue weighted by molar-refractivity contribution is 6.25. The maximum atomic E-state index is 6.21. The van der Waals surface area contributed by atoms with Gasteiger partial charge in [0.2, 0.25) is 0 Å². The van der Waals surface area contributed by atoms with Crippen LogP contribution in [-0.4, -0.2) is 17.6 Å². The lowest BCUT2D eigenvalue weighted by atomic mass is 9.92. The third-order valence-electron chi connectivity index (χ3n) is 2.25. The Kier molecular flexibility index (Phi) is 2.59. The fourth-order valence-corrected chi connectivity index (χ4v) is 1.44. The summed E-state index contributed by atoms with van der Waals surface area (Å²) < 4.78 is 5.21. The third kappa shape index (κ3) is 1.46. The Morgan fingerprint density at radius 1 is 1.70 bits per heavy atom. The van der Waals surface area contributed by atoms with E-state index in [1.54, 1.807) is 0 Å². The summed E-state index contributed by atoms with van der Waals surface area (Å²) in [5.74, 6) is 0. The molecule has 0 bridgehead atoms. The van der Waals surface area contributed by atoms with Crippen molar-refractivity contribution in [3.8, 4) is 0 Å². The van der Waals surface area contributed by atoms with Gasteiger partial charge in [0, 0.05) is 0 Å². The van der Waals surface area contributed by atoms with Crippen molar-refractivity contribution in [2.24, 2.45) is 0 Å². The summed E-state index contributed by atoms with van der Waals surface area (Å²) >= 11 is 6.21. The summed E-state index contributed by atoms with van der Waals surface area (Å²) in [7, 11) is 0. The van der Waals surface area contributed by atoms with E-state index in [-0.39, 0.29) is 11.0 Å². The van der Waals surface area contributed by atoms with Crippen LogP contribution < -0.4 is 0 Å². The Hall–Kier alpha value is 0.250. The minimum atomic E-state index is -0.0178. The molecule has 0 radical (unpaired) electrons. The van der Waals surface area contributed by atoms with Crippen LogP contribution in [0.4, 0.5) is 0 Å². The van der Waals surface area contributed by atoms with Gasteiger partial charge in [-0.05, 0) is 13.3 Å². The highest BCUT2D eigenvalue weighted by Crippen LogP contribution is 2.36. The highest BCUT2D eigenvalue weighted by Gasteiger charge is 2.42. The Bertz CT molecular complexity index is 116. The quantitative estimate of drug-likeness (QED) is 0.580. The summed E-state index contributed by atoms with van der Waals surface area (Å²) in [5, 5.41) is 0. The number of rotatable bonds is 3. The molecule has 2 atom stereocenters. The van der Waals surface area contributed by atoms with E-state index >= 15 is 0 Å². The van der Waals surface area contributed by atoms with Gasteiger partial charge in [0.1, 0.15) is 0 Å². The van der Waals surface area contributed by atoms with Crippen LogP contribution in [0.25, 0.3) is 0 Å². The van der Waals surface area contributed by atoms with Crippen molar-refractivity contribution in [1.82, 2.24) is 0 Å². The predicted molar refractivity (Wildman–Crippen MR) is 43.5 cm³/mol. The number of hydrogen-bond acceptors (Lipinski definition) is 1. The topological polar surface area (TPSA) is 9.23 Å². The molecule has 0 spiro atoms. The Morgan fingerprint density at radius 3 is 2.70 bits per heavy atom. The average molecular weight is 163 g/mol. The molecular weight excluding hydrogens is 148 g/mol. The summed E-state index contributed by atoms with van der Waals surface area (Å²) in [6.07, 6.45) is 3.81. The maximum absolute atomic E-state index is 6.21. The number of halogens is 1. The van der Waals surface area contributed by atoms with E-state index in [9.17, 15) is 0 Å². The molecule has 1 saturated heterocycles. The second kappa shape index (κ2) is 3.10. The van der Waals surface area contributed by atoms with Gasteiger partial charge in [-0.15, -0.1) is 11.6 Å².